The van der Waals surface area contributed by atoms with Gasteiger partial charge in [-0.3, -0.25) is 9.32 Å². The van der Waals surface area contributed by atoms with Crippen LogP contribution >= 0.6 is 7.82 Å². The Balaban J connectivity index is 1.51. The molecular weight excluding hydrogens is 507 g/mol. The van der Waals surface area contributed by atoms with Gasteiger partial charge in [-0.2, -0.15) is 0 Å². The number of aliphatic hydroxyl groups excluding tert-OH is 2. The Morgan fingerprint density at radius 3 is 2.53 bits per heavy atom. The standard InChI is InChI=1S/C25H37O9PS/c26-18(17-36(32)20-8-4-3-5-9-20)12-15-21-22(24(16-23(21)27)34-35(29,30)31)10-6-1-2-7-11-25(28)33-19-13-14-19/h3-5,8-9,12,15,18-19,21-24,26-27H,1-2,6-7,10-11,13-14,16-17H2,(H2,29,30,31)/t18-,21?,22-,23-,24-,36?/m1/s1. The molecule has 0 spiro atoms. The third kappa shape index (κ3) is 10.3. The number of carbonyl (C=O) groups is 1. The molecule has 1 aromatic rings. The number of rotatable bonds is 15. The van der Waals surface area contributed by atoms with Gasteiger partial charge < -0.3 is 29.3 Å². The highest BCUT2D eigenvalue weighted by Gasteiger charge is 2.44. The van der Waals surface area contributed by atoms with Crippen LogP contribution in [0.15, 0.2) is 47.4 Å². The summed E-state index contributed by atoms with van der Waals surface area (Å²) in [4.78, 5) is 30.9. The molecule has 2 saturated carbocycles. The van der Waals surface area contributed by atoms with Crippen molar-refractivity contribution in [2.24, 2.45) is 11.8 Å². The van der Waals surface area contributed by atoms with Gasteiger partial charge in [0.25, 0.3) is 0 Å². The van der Waals surface area contributed by atoms with Crippen LogP contribution in [0.2, 0.25) is 0 Å². The zero-order valence-electron chi connectivity index (χ0n) is 20.3. The van der Waals surface area contributed by atoms with Crippen LogP contribution in [0.5, 0.6) is 0 Å². The summed E-state index contributed by atoms with van der Waals surface area (Å²) in [6.45, 7) is 0. The molecule has 0 aromatic heterocycles. The first-order chi connectivity index (χ1) is 17.1. The molecule has 3 rings (SSSR count). The van der Waals surface area contributed by atoms with Crippen molar-refractivity contribution in [3.05, 3.63) is 42.5 Å². The molecule has 0 amide bonds. The molecule has 0 saturated heterocycles. The molecule has 202 valence electrons. The lowest BCUT2D eigenvalue weighted by atomic mass is 9.88. The second-order valence-corrected chi connectivity index (χ2v) is 12.3. The van der Waals surface area contributed by atoms with Gasteiger partial charge in [0.15, 0.2) is 4.90 Å². The van der Waals surface area contributed by atoms with E-state index in [0.717, 1.165) is 38.5 Å². The van der Waals surface area contributed by atoms with Gasteiger partial charge in [-0.15, -0.1) is 0 Å². The summed E-state index contributed by atoms with van der Waals surface area (Å²) in [5, 5.41) is 21.0. The van der Waals surface area contributed by atoms with E-state index in [1.165, 1.54) is 6.08 Å². The number of phosphoric acid groups is 1. The normalized spacial score (nSPS) is 26.2. The third-order valence-electron chi connectivity index (χ3n) is 6.54. The average molecular weight is 545 g/mol. The number of hydrogen-bond acceptors (Lipinski definition) is 7. The lowest BCUT2D eigenvalue weighted by Crippen LogP contribution is -2.23. The van der Waals surface area contributed by atoms with Crippen LogP contribution in [0.25, 0.3) is 0 Å². The minimum Gasteiger partial charge on any atom is -0.611 e. The summed E-state index contributed by atoms with van der Waals surface area (Å²) in [6, 6.07) is 8.82. The van der Waals surface area contributed by atoms with E-state index in [2.05, 4.69) is 0 Å². The molecule has 2 aliphatic carbocycles. The quantitative estimate of drug-likeness (QED) is 0.0856. The highest BCUT2D eigenvalue weighted by molar-refractivity contribution is 7.91. The number of aliphatic hydroxyl groups is 2. The second-order valence-electron chi connectivity index (χ2n) is 9.60. The molecule has 2 fully saturated rings. The Hall–Kier alpha value is -1.23. The van der Waals surface area contributed by atoms with E-state index in [4.69, 9.17) is 9.26 Å². The predicted octanol–water partition coefficient (Wildman–Crippen LogP) is 3.23. The van der Waals surface area contributed by atoms with E-state index in [0.29, 0.717) is 17.7 Å². The van der Waals surface area contributed by atoms with Crippen molar-refractivity contribution in [1.82, 2.24) is 0 Å². The Morgan fingerprint density at radius 1 is 1.17 bits per heavy atom. The van der Waals surface area contributed by atoms with Crippen molar-refractivity contribution in [1.29, 1.82) is 0 Å². The molecule has 6 atom stereocenters. The maximum atomic E-state index is 12.4. The van der Waals surface area contributed by atoms with Gasteiger partial charge in [0.2, 0.25) is 0 Å². The number of hydrogen-bond donors (Lipinski definition) is 4. The van der Waals surface area contributed by atoms with Crippen LogP contribution in [0, 0.1) is 11.8 Å². The van der Waals surface area contributed by atoms with E-state index >= 15 is 0 Å². The van der Waals surface area contributed by atoms with Gasteiger partial charge in [0.1, 0.15) is 18.0 Å². The summed E-state index contributed by atoms with van der Waals surface area (Å²) in [7, 11) is -4.74. The van der Waals surface area contributed by atoms with Crippen LogP contribution in [0.3, 0.4) is 0 Å². The number of benzene rings is 1. The minimum atomic E-state index is -4.74. The molecule has 36 heavy (non-hydrogen) atoms. The van der Waals surface area contributed by atoms with Crippen LogP contribution in [0.1, 0.15) is 57.8 Å². The van der Waals surface area contributed by atoms with Crippen molar-refractivity contribution < 1.29 is 43.2 Å². The van der Waals surface area contributed by atoms with E-state index in [1.54, 1.807) is 30.3 Å². The molecule has 0 bridgehead atoms. The van der Waals surface area contributed by atoms with E-state index in [-0.39, 0.29) is 30.2 Å². The fraction of sp³-hybridized carbons (Fsp3) is 0.640. The molecular formula is C25H37O9PS. The van der Waals surface area contributed by atoms with Crippen LogP contribution in [-0.2, 0) is 29.8 Å². The number of esters is 1. The predicted molar refractivity (Wildman–Crippen MR) is 134 cm³/mol. The molecule has 2 aliphatic rings. The summed E-state index contributed by atoms with van der Waals surface area (Å²) in [5.74, 6) is -0.978. The summed E-state index contributed by atoms with van der Waals surface area (Å²) < 4.78 is 34.1. The van der Waals surface area contributed by atoms with Crippen molar-refractivity contribution in [2.45, 2.75) is 87.1 Å². The highest BCUT2D eigenvalue weighted by Crippen LogP contribution is 2.47. The maximum Gasteiger partial charge on any atom is 0.469 e. The topological polar surface area (TPSA) is 157 Å². The fourth-order valence-corrected chi connectivity index (χ4v) is 6.29. The molecule has 1 aromatic carbocycles. The third-order valence-corrected chi connectivity index (χ3v) is 8.52. The average Bonchev–Trinajstić information content (AvgIpc) is 3.57. The number of carbonyl (C=O) groups excluding carboxylic acids is 1. The first-order valence-electron chi connectivity index (χ1n) is 12.5. The minimum absolute atomic E-state index is 0.000410. The monoisotopic (exact) mass is 544 g/mol. The first kappa shape index (κ1) is 29.3. The SMILES string of the molecule is O=C(CCCCCC[C@@H]1C(C=C[C@@H](O)C[S+]([O-])c2ccccc2)[C@H](O)C[C@H]1OP(=O)(O)O)OC1CC1. The Kier molecular flexibility index (Phi) is 11.5. The molecule has 9 nitrogen and oxygen atoms in total. The maximum absolute atomic E-state index is 12.4. The van der Waals surface area contributed by atoms with Gasteiger partial charge in [-0.25, -0.2) is 4.57 Å². The molecule has 4 N–H and O–H groups in total. The zero-order valence-corrected chi connectivity index (χ0v) is 22.0. The van der Waals surface area contributed by atoms with Gasteiger partial charge in [-0.05, 0) is 54.9 Å². The smallest absolute Gasteiger partial charge is 0.469 e. The molecule has 0 heterocycles. The fourth-order valence-electron chi connectivity index (χ4n) is 4.62. The summed E-state index contributed by atoms with van der Waals surface area (Å²) >= 11 is -1.39. The Bertz CT molecular complexity index is 889. The first-order valence-corrected chi connectivity index (χ1v) is 15.4. The van der Waals surface area contributed by atoms with E-state index in [1.807, 2.05) is 6.07 Å². The largest absolute Gasteiger partial charge is 0.611 e. The zero-order chi connectivity index (χ0) is 26.1. The van der Waals surface area contributed by atoms with Crippen molar-refractivity contribution in [3.63, 3.8) is 0 Å². The lowest BCUT2D eigenvalue weighted by Gasteiger charge is -2.24. The number of ether oxygens (including phenoxy) is 1. The number of unbranched alkanes of at least 4 members (excludes halogenated alkanes) is 3. The van der Waals surface area contributed by atoms with Crippen LogP contribution in [-0.4, -0.2) is 60.7 Å². The summed E-state index contributed by atoms with van der Waals surface area (Å²) in [6.07, 6.45) is 6.58. The molecule has 0 aliphatic heterocycles. The molecule has 2 unspecified atom stereocenters. The lowest BCUT2D eigenvalue weighted by molar-refractivity contribution is -0.145. The van der Waals surface area contributed by atoms with Crippen LogP contribution in [0.4, 0.5) is 0 Å². The van der Waals surface area contributed by atoms with Crippen LogP contribution < -0.4 is 0 Å². The van der Waals surface area contributed by atoms with Crippen molar-refractivity contribution in [3.8, 4) is 0 Å². The highest BCUT2D eigenvalue weighted by atomic mass is 32.2. The van der Waals surface area contributed by atoms with Crippen molar-refractivity contribution >= 4 is 25.0 Å². The molecule has 0 radical (unpaired) electrons. The van der Waals surface area contributed by atoms with Gasteiger partial charge in [0.05, 0.1) is 12.2 Å². The number of phosphoric ester groups is 1. The Morgan fingerprint density at radius 2 is 1.86 bits per heavy atom. The second kappa shape index (κ2) is 14.1. The molecule has 11 heteroatoms. The summed E-state index contributed by atoms with van der Waals surface area (Å²) in [5.41, 5.74) is 0. The van der Waals surface area contributed by atoms with Gasteiger partial charge in [0, 0.05) is 18.8 Å². The van der Waals surface area contributed by atoms with E-state index < -0.39 is 43.2 Å². The Labute approximate surface area is 215 Å². The van der Waals surface area contributed by atoms with Crippen molar-refractivity contribution in [2.75, 3.05) is 5.75 Å². The van der Waals surface area contributed by atoms with Gasteiger partial charge >= 0.3 is 13.8 Å². The van der Waals surface area contributed by atoms with Gasteiger partial charge in [-0.1, -0.05) is 49.6 Å². The van der Waals surface area contributed by atoms with E-state index in [9.17, 15) is 33.9 Å².